The van der Waals surface area contributed by atoms with Crippen molar-refractivity contribution in [1.29, 1.82) is 0 Å². The molecule has 1 aromatic rings. The van der Waals surface area contributed by atoms with E-state index in [1.807, 2.05) is 0 Å². The summed E-state index contributed by atoms with van der Waals surface area (Å²) in [5, 5.41) is 12.1. The number of nitrogens with one attached hydrogen (secondary N) is 1. The van der Waals surface area contributed by atoms with E-state index in [1.54, 1.807) is 0 Å². The number of carbonyl (C=O) groups excluding carboxylic acids is 1. The highest BCUT2D eigenvalue weighted by Crippen LogP contribution is 2.19. The summed E-state index contributed by atoms with van der Waals surface area (Å²) < 4.78 is 13.4. The molecule has 0 radical (unpaired) electrons. The minimum atomic E-state index is -0.710. The molecule has 0 saturated carbocycles. The average molecular weight is 268 g/mol. The van der Waals surface area contributed by atoms with E-state index in [2.05, 4.69) is 24.1 Å². The maximum absolute atomic E-state index is 13.4. The lowest BCUT2D eigenvalue weighted by Gasteiger charge is -2.19. The van der Waals surface area contributed by atoms with E-state index in [4.69, 9.17) is 0 Å². The molecule has 2 N–H and O–H groups in total. The van der Waals surface area contributed by atoms with Crippen molar-refractivity contribution < 1.29 is 14.3 Å². The van der Waals surface area contributed by atoms with Crippen molar-refractivity contribution in [2.24, 2.45) is 0 Å². The van der Waals surface area contributed by atoms with Crippen molar-refractivity contribution in [3.05, 3.63) is 29.6 Å². The lowest BCUT2D eigenvalue weighted by atomic mass is 10.1. The number of amides is 1. The number of hydrogen-bond donors (Lipinski definition) is 2. The summed E-state index contributed by atoms with van der Waals surface area (Å²) in [6.45, 7) is 7.18. The van der Waals surface area contributed by atoms with Crippen LogP contribution in [0.5, 0.6) is 5.75 Å². The van der Waals surface area contributed by atoms with Crippen LogP contribution < -0.4 is 5.32 Å². The molecule has 0 aliphatic carbocycles. The van der Waals surface area contributed by atoms with Gasteiger partial charge in [-0.15, -0.1) is 0 Å². The van der Waals surface area contributed by atoms with Crippen LogP contribution in [0.3, 0.4) is 0 Å². The Balaban J connectivity index is 2.52. The number of carbonyl (C=O) groups is 1. The molecule has 0 aromatic heterocycles. The third-order valence-electron chi connectivity index (χ3n) is 2.92. The maximum atomic E-state index is 13.4. The number of aromatic hydroxyl groups is 1. The number of benzene rings is 1. The Morgan fingerprint density at radius 1 is 1.37 bits per heavy atom. The third kappa shape index (κ3) is 4.52. The first kappa shape index (κ1) is 15.4. The third-order valence-corrected chi connectivity index (χ3v) is 2.92. The van der Waals surface area contributed by atoms with E-state index in [0.29, 0.717) is 13.1 Å². The maximum Gasteiger partial charge on any atom is 0.258 e. The van der Waals surface area contributed by atoms with Crippen molar-refractivity contribution in [1.82, 2.24) is 10.2 Å². The molecule has 0 saturated heterocycles. The Kier molecular flexibility index (Phi) is 6.29. The van der Waals surface area contributed by atoms with Crippen LogP contribution in [-0.2, 0) is 0 Å². The molecule has 0 aliphatic heterocycles. The van der Waals surface area contributed by atoms with Gasteiger partial charge in [0.1, 0.15) is 17.1 Å². The van der Waals surface area contributed by atoms with Gasteiger partial charge in [-0.25, -0.2) is 4.39 Å². The van der Waals surface area contributed by atoms with Crippen LogP contribution in [0.4, 0.5) is 4.39 Å². The lowest BCUT2D eigenvalue weighted by molar-refractivity contribution is 0.0941. The van der Waals surface area contributed by atoms with Gasteiger partial charge in [0.25, 0.3) is 5.91 Å². The van der Waals surface area contributed by atoms with Crippen LogP contribution in [0.25, 0.3) is 0 Å². The van der Waals surface area contributed by atoms with Crippen molar-refractivity contribution in [3.63, 3.8) is 0 Å². The number of nitrogens with zero attached hydrogens (tertiary/aromatic N) is 1. The first-order chi connectivity index (χ1) is 9.10. The monoisotopic (exact) mass is 268 g/mol. The van der Waals surface area contributed by atoms with Gasteiger partial charge in [0, 0.05) is 13.1 Å². The molecule has 1 amide bonds. The molecule has 0 heterocycles. The second-order valence-corrected chi connectivity index (χ2v) is 4.32. The molecule has 0 spiro atoms. The van der Waals surface area contributed by atoms with Crippen LogP contribution in [0.2, 0.25) is 0 Å². The van der Waals surface area contributed by atoms with Gasteiger partial charge in [0.15, 0.2) is 0 Å². The molecule has 1 aromatic carbocycles. The fraction of sp³-hybridized carbons (Fsp3) is 0.500. The minimum absolute atomic E-state index is 0.291. The summed E-state index contributed by atoms with van der Waals surface area (Å²) in [5.74, 6) is -1.63. The summed E-state index contributed by atoms with van der Waals surface area (Å²) in [7, 11) is 0. The van der Waals surface area contributed by atoms with E-state index >= 15 is 0 Å². The first-order valence-electron chi connectivity index (χ1n) is 6.58. The van der Waals surface area contributed by atoms with Gasteiger partial charge in [-0.1, -0.05) is 19.9 Å². The van der Waals surface area contributed by atoms with E-state index < -0.39 is 11.7 Å². The summed E-state index contributed by atoms with van der Waals surface area (Å²) in [6.07, 6.45) is 1.05. The van der Waals surface area contributed by atoms with Gasteiger partial charge in [-0.3, -0.25) is 4.79 Å². The van der Waals surface area contributed by atoms with E-state index in [9.17, 15) is 14.3 Å². The van der Waals surface area contributed by atoms with Gasteiger partial charge in [0.05, 0.1) is 0 Å². The molecule has 0 fully saturated rings. The summed E-state index contributed by atoms with van der Waals surface area (Å²) in [6, 6.07) is 3.82. The molecule has 0 atom stereocenters. The van der Waals surface area contributed by atoms with E-state index in [0.717, 1.165) is 25.6 Å². The molecule has 0 unspecified atom stereocenters. The van der Waals surface area contributed by atoms with Crippen LogP contribution in [0, 0.1) is 5.82 Å². The number of likely N-dealkylation sites (N-methyl/N-ethyl adjacent to an activating group) is 1. The predicted molar refractivity (Wildman–Crippen MR) is 72.8 cm³/mol. The van der Waals surface area contributed by atoms with Crippen molar-refractivity contribution in [2.75, 3.05) is 26.2 Å². The zero-order chi connectivity index (χ0) is 14.3. The Labute approximate surface area is 113 Å². The molecule has 19 heavy (non-hydrogen) atoms. The van der Waals surface area contributed by atoms with Gasteiger partial charge < -0.3 is 15.3 Å². The van der Waals surface area contributed by atoms with E-state index in [1.165, 1.54) is 12.1 Å². The number of halogens is 1. The topological polar surface area (TPSA) is 52.6 Å². The number of hydrogen-bond acceptors (Lipinski definition) is 3. The standard InChI is InChI=1S/C14H21FN2O2/c1-3-9-17(4-2)10-8-16-14(19)13-11(15)6-5-7-12(13)18/h5-7,18H,3-4,8-10H2,1-2H3,(H,16,19). The summed E-state index contributed by atoms with van der Waals surface area (Å²) >= 11 is 0. The Morgan fingerprint density at radius 2 is 2.11 bits per heavy atom. The first-order valence-corrected chi connectivity index (χ1v) is 6.58. The Bertz CT molecular complexity index is 404. The second kappa shape index (κ2) is 7.74. The van der Waals surface area contributed by atoms with Crippen molar-refractivity contribution in [3.8, 4) is 5.75 Å². The van der Waals surface area contributed by atoms with Crippen LogP contribution >= 0.6 is 0 Å². The largest absolute Gasteiger partial charge is 0.507 e. The van der Waals surface area contributed by atoms with Gasteiger partial charge in [-0.05, 0) is 31.6 Å². The lowest BCUT2D eigenvalue weighted by Crippen LogP contribution is -2.35. The molecule has 0 bridgehead atoms. The zero-order valence-corrected chi connectivity index (χ0v) is 11.4. The van der Waals surface area contributed by atoms with Crippen LogP contribution in [0.15, 0.2) is 18.2 Å². The summed E-state index contributed by atoms with van der Waals surface area (Å²) in [5.41, 5.74) is -0.291. The molecule has 4 nitrogen and oxygen atoms in total. The molecule has 1 rings (SSSR count). The summed E-state index contributed by atoms with van der Waals surface area (Å²) in [4.78, 5) is 14.0. The highest BCUT2D eigenvalue weighted by molar-refractivity contribution is 5.97. The molecule has 5 heteroatoms. The normalized spacial score (nSPS) is 10.7. The zero-order valence-electron chi connectivity index (χ0n) is 11.4. The van der Waals surface area contributed by atoms with Gasteiger partial charge in [-0.2, -0.15) is 0 Å². The van der Waals surface area contributed by atoms with Crippen molar-refractivity contribution >= 4 is 5.91 Å². The van der Waals surface area contributed by atoms with Gasteiger partial charge in [0.2, 0.25) is 0 Å². The Hall–Kier alpha value is -1.62. The number of rotatable bonds is 7. The van der Waals surface area contributed by atoms with Crippen molar-refractivity contribution in [2.45, 2.75) is 20.3 Å². The highest BCUT2D eigenvalue weighted by Gasteiger charge is 2.15. The smallest absolute Gasteiger partial charge is 0.258 e. The average Bonchev–Trinajstić information content (AvgIpc) is 2.37. The number of phenolic OH excluding ortho intramolecular Hbond substituents is 1. The van der Waals surface area contributed by atoms with Gasteiger partial charge >= 0.3 is 0 Å². The second-order valence-electron chi connectivity index (χ2n) is 4.32. The Morgan fingerprint density at radius 3 is 2.68 bits per heavy atom. The molecular weight excluding hydrogens is 247 g/mol. The molecule has 106 valence electrons. The minimum Gasteiger partial charge on any atom is -0.507 e. The quantitative estimate of drug-likeness (QED) is 0.795. The van der Waals surface area contributed by atoms with E-state index in [-0.39, 0.29) is 11.3 Å². The van der Waals surface area contributed by atoms with Crippen LogP contribution in [0.1, 0.15) is 30.6 Å². The molecular formula is C14H21FN2O2. The SMILES string of the molecule is CCCN(CC)CCNC(=O)c1c(O)cccc1F. The van der Waals surface area contributed by atoms with Crippen LogP contribution in [-0.4, -0.2) is 42.1 Å². The fourth-order valence-corrected chi connectivity index (χ4v) is 1.90. The highest BCUT2D eigenvalue weighted by atomic mass is 19.1. The molecule has 0 aliphatic rings. The predicted octanol–water partition coefficient (Wildman–Crippen LogP) is 1.99. The fourth-order valence-electron chi connectivity index (χ4n) is 1.90. The number of phenols is 1.